The van der Waals surface area contributed by atoms with Crippen LogP contribution in [0.15, 0.2) is 48.5 Å². The number of likely N-dealkylation sites (N-methyl/N-ethyl adjacent to an activating group) is 1. The summed E-state index contributed by atoms with van der Waals surface area (Å²) in [6, 6.07) is 14.8. The average Bonchev–Trinajstić information content (AvgIpc) is 2.84. The fourth-order valence-corrected chi connectivity index (χ4v) is 5.14. The molecular formula is C28H33N3O5. The fourth-order valence-electron chi connectivity index (χ4n) is 5.14. The Hall–Kier alpha value is -3.39. The highest BCUT2D eigenvalue weighted by Crippen LogP contribution is 2.32. The number of ether oxygens (including phenoxy) is 2. The maximum absolute atomic E-state index is 13.4. The van der Waals surface area contributed by atoms with Crippen LogP contribution in [0.25, 0.3) is 0 Å². The van der Waals surface area contributed by atoms with Gasteiger partial charge in [0.1, 0.15) is 18.5 Å². The van der Waals surface area contributed by atoms with Crippen LogP contribution in [0.2, 0.25) is 0 Å². The molecule has 0 radical (unpaired) electrons. The van der Waals surface area contributed by atoms with E-state index >= 15 is 0 Å². The molecule has 2 fully saturated rings. The highest BCUT2D eigenvalue weighted by atomic mass is 16.5. The molecule has 0 spiro atoms. The van der Waals surface area contributed by atoms with E-state index in [0.29, 0.717) is 35.9 Å². The third-order valence-corrected chi connectivity index (χ3v) is 7.39. The standard InChI is InChI=1S/C28H33N3O5/c1-31-23-12-11-21(16-27(33)29-19-8-5-9-19)36-25(23)17-35-24-13-10-20(15-22(24)28(31)34)30-26(32)14-18-6-3-2-4-7-18/h2-4,6-7,10,13,15,19,21,23,25H,5,8-9,11-12,14,16-17H2,1H3,(H,29,33)(H,30,32)/t21-,23-,25+/m1/s1. The van der Waals surface area contributed by atoms with Crippen LogP contribution < -0.4 is 15.4 Å². The van der Waals surface area contributed by atoms with Crippen molar-refractivity contribution < 1.29 is 23.9 Å². The summed E-state index contributed by atoms with van der Waals surface area (Å²) < 4.78 is 12.3. The van der Waals surface area contributed by atoms with E-state index in [1.165, 1.54) is 6.42 Å². The zero-order valence-corrected chi connectivity index (χ0v) is 20.6. The second-order valence-corrected chi connectivity index (χ2v) is 9.99. The SMILES string of the molecule is CN1C(=O)c2cc(NC(=O)Cc3ccccc3)ccc2OC[C@@H]2O[C@@H](CC(=O)NC3CCC3)CC[C@H]21. The highest BCUT2D eigenvalue weighted by Gasteiger charge is 2.39. The number of nitrogens with one attached hydrogen (secondary N) is 2. The summed E-state index contributed by atoms with van der Waals surface area (Å²) in [5, 5.41) is 5.96. The van der Waals surface area contributed by atoms with E-state index in [1.54, 1.807) is 30.1 Å². The van der Waals surface area contributed by atoms with E-state index in [-0.39, 0.29) is 49.0 Å². The molecule has 3 atom stereocenters. The molecule has 1 saturated heterocycles. The Morgan fingerprint density at radius 3 is 2.58 bits per heavy atom. The molecule has 2 aliphatic heterocycles. The van der Waals surface area contributed by atoms with Gasteiger partial charge in [0.2, 0.25) is 11.8 Å². The summed E-state index contributed by atoms with van der Waals surface area (Å²) >= 11 is 0. The Labute approximate surface area is 211 Å². The van der Waals surface area contributed by atoms with Gasteiger partial charge in [-0.1, -0.05) is 30.3 Å². The van der Waals surface area contributed by atoms with Crippen molar-refractivity contribution in [1.29, 1.82) is 0 Å². The molecule has 0 unspecified atom stereocenters. The Bertz CT molecular complexity index is 1120. The molecule has 3 aliphatic rings. The lowest BCUT2D eigenvalue weighted by Crippen LogP contribution is -2.54. The van der Waals surface area contributed by atoms with Gasteiger partial charge in [0.25, 0.3) is 5.91 Å². The van der Waals surface area contributed by atoms with Crippen molar-refractivity contribution in [3.05, 3.63) is 59.7 Å². The van der Waals surface area contributed by atoms with E-state index < -0.39 is 0 Å². The topological polar surface area (TPSA) is 97.0 Å². The largest absolute Gasteiger partial charge is 0.490 e. The van der Waals surface area contributed by atoms with Crippen LogP contribution in [0.1, 0.15) is 54.4 Å². The Balaban J connectivity index is 1.23. The maximum atomic E-state index is 13.4. The van der Waals surface area contributed by atoms with Gasteiger partial charge in [-0.25, -0.2) is 0 Å². The lowest BCUT2D eigenvalue weighted by Gasteiger charge is -2.42. The van der Waals surface area contributed by atoms with E-state index in [1.807, 2.05) is 30.3 Å². The molecule has 0 bridgehead atoms. The Kier molecular flexibility index (Phi) is 7.23. The van der Waals surface area contributed by atoms with Crippen molar-refractivity contribution in [2.24, 2.45) is 0 Å². The first-order valence-electron chi connectivity index (χ1n) is 12.8. The molecule has 2 aromatic carbocycles. The number of fused-ring (bicyclic) bond motifs is 2. The summed E-state index contributed by atoms with van der Waals surface area (Å²) in [6.45, 7) is 0.287. The molecule has 190 valence electrons. The third kappa shape index (κ3) is 5.54. The predicted molar refractivity (Wildman–Crippen MR) is 135 cm³/mol. The number of rotatable bonds is 6. The number of hydrogen-bond donors (Lipinski definition) is 2. The Morgan fingerprint density at radius 2 is 1.83 bits per heavy atom. The first kappa shape index (κ1) is 24.3. The van der Waals surface area contributed by atoms with Gasteiger partial charge in [0.05, 0.1) is 30.6 Å². The smallest absolute Gasteiger partial charge is 0.257 e. The van der Waals surface area contributed by atoms with Gasteiger partial charge < -0.3 is 25.0 Å². The van der Waals surface area contributed by atoms with Crippen LogP contribution in [-0.2, 0) is 20.7 Å². The molecule has 2 N–H and O–H groups in total. The number of nitrogens with zero attached hydrogens (tertiary/aromatic N) is 1. The molecular weight excluding hydrogens is 458 g/mol. The van der Waals surface area contributed by atoms with Crippen LogP contribution >= 0.6 is 0 Å². The molecule has 1 aliphatic carbocycles. The summed E-state index contributed by atoms with van der Waals surface area (Å²) in [6.07, 6.45) is 4.83. The predicted octanol–water partition coefficient (Wildman–Crippen LogP) is 3.31. The number of carbonyl (C=O) groups excluding carboxylic acids is 3. The molecule has 2 aromatic rings. The van der Waals surface area contributed by atoms with E-state index in [9.17, 15) is 14.4 Å². The Morgan fingerprint density at radius 1 is 1.03 bits per heavy atom. The average molecular weight is 492 g/mol. The zero-order valence-electron chi connectivity index (χ0n) is 20.6. The number of hydrogen-bond acceptors (Lipinski definition) is 5. The number of amides is 3. The highest BCUT2D eigenvalue weighted by molar-refractivity contribution is 6.00. The molecule has 2 heterocycles. The van der Waals surface area contributed by atoms with Crippen molar-refractivity contribution in [3.8, 4) is 5.75 Å². The molecule has 5 rings (SSSR count). The van der Waals surface area contributed by atoms with E-state index in [0.717, 1.165) is 24.8 Å². The number of carbonyl (C=O) groups is 3. The summed E-state index contributed by atoms with van der Waals surface area (Å²) in [7, 11) is 1.78. The van der Waals surface area contributed by atoms with Gasteiger partial charge in [-0.3, -0.25) is 14.4 Å². The van der Waals surface area contributed by atoms with Gasteiger partial charge in [0.15, 0.2) is 0 Å². The van der Waals surface area contributed by atoms with Crippen molar-refractivity contribution in [3.63, 3.8) is 0 Å². The molecule has 8 heteroatoms. The van der Waals surface area contributed by atoms with Gasteiger partial charge in [0, 0.05) is 18.8 Å². The van der Waals surface area contributed by atoms with Crippen molar-refractivity contribution in [1.82, 2.24) is 10.2 Å². The van der Waals surface area contributed by atoms with Crippen molar-refractivity contribution in [2.75, 3.05) is 19.0 Å². The van der Waals surface area contributed by atoms with Gasteiger partial charge >= 0.3 is 0 Å². The normalized spacial score (nSPS) is 23.8. The minimum atomic E-state index is -0.312. The van der Waals surface area contributed by atoms with Crippen LogP contribution in [0.3, 0.4) is 0 Å². The van der Waals surface area contributed by atoms with Crippen LogP contribution in [0, 0.1) is 0 Å². The van der Waals surface area contributed by atoms with E-state index in [2.05, 4.69) is 10.6 Å². The summed E-state index contributed by atoms with van der Waals surface area (Å²) in [4.78, 5) is 40.0. The number of anilines is 1. The molecule has 0 aromatic heterocycles. The molecule has 36 heavy (non-hydrogen) atoms. The second-order valence-electron chi connectivity index (χ2n) is 9.99. The van der Waals surface area contributed by atoms with Crippen LogP contribution in [-0.4, -0.2) is 60.6 Å². The van der Waals surface area contributed by atoms with Crippen LogP contribution in [0.5, 0.6) is 5.75 Å². The minimum absolute atomic E-state index is 0.0338. The quantitative estimate of drug-likeness (QED) is 0.646. The van der Waals surface area contributed by atoms with Gasteiger partial charge in [-0.2, -0.15) is 0 Å². The fraction of sp³-hybridized carbons (Fsp3) is 0.464. The third-order valence-electron chi connectivity index (χ3n) is 7.39. The maximum Gasteiger partial charge on any atom is 0.257 e. The van der Waals surface area contributed by atoms with Crippen molar-refractivity contribution in [2.45, 2.75) is 69.2 Å². The molecule has 8 nitrogen and oxygen atoms in total. The second kappa shape index (κ2) is 10.7. The summed E-state index contributed by atoms with van der Waals surface area (Å²) in [5.41, 5.74) is 1.88. The molecule has 1 saturated carbocycles. The van der Waals surface area contributed by atoms with Crippen LogP contribution in [0.4, 0.5) is 5.69 Å². The summed E-state index contributed by atoms with van der Waals surface area (Å²) in [5.74, 6) is 0.164. The number of benzene rings is 2. The monoisotopic (exact) mass is 491 g/mol. The van der Waals surface area contributed by atoms with Gasteiger partial charge in [-0.15, -0.1) is 0 Å². The molecule has 3 amide bonds. The lowest BCUT2D eigenvalue weighted by molar-refractivity contribution is -0.135. The van der Waals surface area contributed by atoms with Gasteiger partial charge in [-0.05, 0) is 55.9 Å². The lowest BCUT2D eigenvalue weighted by atomic mass is 9.92. The first-order chi connectivity index (χ1) is 17.5. The van der Waals surface area contributed by atoms with Crippen molar-refractivity contribution >= 4 is 23.4 Å². The van der Waals surface area contributed by atoms with E-state index in [4.69, 9.17) is 9.47 Å². The zero-order chi connectivity index (χ0) is 25.1. The first-order valence-corrected chi connectivity index (χ1v) is 12.8. The minimum Gasteiger partial charge on any atom is -0.490 e.